The molecule has 3 heterocycles. The van der Waals surface area contributed by atoms with Gasteiger partial charge in [0.05, 0.1) is 13.1 Å². The molecule has 0 bridgehead atoms. The molecule has 5 aromatic rings. The van der Waals surface area contributed by atoms with Crippen LogP contribution >= 0.6 is 0 Å². The van der Waals surface area contributed by atoms with Gasteiger partial charge in [-0.15, -0.1) is 0 Å². The van der Waals surface area contributed by atoms with Crippen LogP contribution in [-0.2, 0) is 26.7 Å². The summed E-state index contributed by atoms with van der Waals surface area (Å²) < 4.78 is 19.0. The van der Waals surface area contributed by atoms with E-state index in [-0.39, 0.29) is 12.1 Å². The maximum Gasteiger partial charge on any atom is 0.332 e. The lowest BCUT2D eigenvalue weighted by atomic mass is 10.0. The molecule has 0 atom stereocenters. The summed E-state index contributed by atoms with van der Waals surface area (Å²) in [7, 11) is 1.62. The number of benzene rings is 3. The smallest absolute Gasteiger partial charge is 0.332 e. The first-order chi connectivity index (χ1) is 20.7. The number of rotatable bonds is 7. The summed E-state index contributed by atoms with van der Waals surface area (Å²) in [5, 5.41) is 0. The minimum Gasteiger partial charge on any atom is -0.340 e. The van der Waals surface area contributed by atoms with Gasteiger partial charge in [-0.3, -0.25) is 23.4 Å². The summed E-state index contributed by atoms with van der Waals surface area (Å²) in [4.78, 5) is 37.0. The number of fused-ring (bicyclic) bond motifs is 1. The fourth-order valence-corrected chi connectivity index (χ4v) is 5.88. The molecular formula is C34H37FN6O2. The van der Waals surface area contributed by atoms with Gasteiger partial charge in [-0.2, -0.15) is 4.98 Å². The summed E-state index contributed by atoms with van der Waals surface area (Å²) in [6, 6.07) is 21.0. The molecule has 6 rings (SSSR count). The van der Waals surface area contributed by atoms with Crippen LogP contribution in [0.3, 0.4) is 0 Å². The number of imidazole rings is 1. The van der Waals surface area contributed by atoms with Crippen molar-refractivity contribution in [1.82, 2.24) is 23.6 Å². The molecule has 222 valence electrons. The molecule has 9 heteroatoms. The monoisotopic (exact) mass is 580 g/mol. The van der Waals surface area contributed by atoms with E-state index < -0.39 is 17.1 Å². The highest BCUT2D eigenvalue weighted by Crippen LogP contribution is 2.24. The molecule has 8 nitrogen and oxygen atoms in total. The molecule has 1 saturated heterocycles. The zero-order chi connectivity index (χ0) is 30.2. The molecule has 1 aliphatic rings. The van der Waals surface area contributed by atoms with Crippen LogP contribution in [0.15, 0.2) is 76.3 Å². The lowest BCUT2D eigenvalue weighted by molar-refractivity contribution is 0.248. The SMILES string of the molecule is Cc1ccc(Cn2c(N3CCN(Cc4cc(C)ccc4C)CC3)nc3c2c(=O)n(Cc2ccccc2F)c(=O)n3C)cc1. The van der Waals surface area contributed by atoms with Gasteiger partial charge in [0.1, 0.15) is 5.82 Å². The van der Waals surface area contributed by atoms with Crippen molar-refractivity contribution in [3.63, 3.8) is 0 Å². The number of hydrogen-bond donors (Lipinski definition) is 0. The molecule has 43 heavy (non-hydrogen) atoms. The van der Waals surface area contributed by atoms with Crippen molar-refractivity contribution < 1.29 is 4.39 Å². The van der Waals surface area contributed by atoms with Crippen molar-refractivity contribution in [3.05, 3.63) is 127 Å². The Morgan fingerprint density at radius 3 is 2.19 bits per heavy atom. The number of aromatic nitrogens is 4. The number of anilines is 1. The Kier molecular flexibility index (Phi) is 7.75. The van der Waals surface area contributed by atoms with Crippen molar-refractivity contribution >= 4 is 17.1 Å². The van der Waals surface area contributed by atoms with Crippen LogP contribution in [-0.4, -0.2) is 49.8 Å². The Balaban J connectivity index is 1.39. The average molecular weight is 581 g/mol. The van der Waals surface area contributed by atoms with Gasteiger partial charge in [0.2, 0.25) is 5.95 Å². The van der Waals surface area contributed by atoms with Crippen LogP contribution in [0.5, 0.6) is 0 Å². The first kappa shape index (κ1) is 28.6. The summed E-state index contributed by atoms with van der Waals surface area (Å²) >= 11 is 0. The highest BCUT2D eigenvalue weighted by molar-refractivity contribution is 5.75. The van der Waals surface area contributed by atoms with Gasteiger partial charge in [0.25, 0.3) is 5.56 Å². The summed E-state index contributed by atoms with van der Waals surface area (Å²) in [6.07, 6.45) is 0. The van der Waals surface area contributed by atoms with Crippen LogP contribution in [0.4, 0.5) is 10.3 Å². The van der Waals surface area contributed by atoms with Crippen molar-refractivity contribution in [2.75, 3.05) is 31.1 Å². The van der Waals surface area contributed by atoms with E-state index >= 15 is 0 Å². The summed E-state index contributed by atoms with van der Waals surface area (Å²) in [5.41, 5.74) is 6.02. The number of nitrogens with zero attached hydrogens (tertiary/aromatic N) is 6. The van der Waals surface area contributed by atoms with E-state index in [1.807, 2.05) is 35.8 Å². The van der Waals surface area contributed by atoms with E-state index in [2.05, 4.69) is 41.8 Å². The number of aryl methyl sites for hydroxylation is 4. The quantitative estimate of drug-likeness (QED) is 0.286. The Morgan fingerprint density at radius 2 is 1.47 bits per heavy atom. The lowest BCUT2D eigenvalue weighted by Gasteiger charge is -2.35. The first-order valence-corrected chi connectivity index (χ1v) is 14.7. The molecule has 0 unspecified atom stereocenters. The molecule has 0 spiro atoms. The molecule has 0 saturated carbocycles. The van der Waals surface area contributed by atoms with Crippen LogP contribution in [0.1, 0.15) is 33.4 Å². The Hall–Kier alpha value is -4.50. The second-order valence-corrected chi connectivity index (χ2v) is 11.7. The molecule has 2 aromatic heterocycles. The van der Waals surface area contributed by atoms with E-state index in [0.717, 1.165) is 48.4 Å². The number of halogens is 1. The second kappa shape index (κ2) is 11.6. The highest BCUT2D eigenvalue weighted by atomic mass is 19.1. The standard InChI is InChI=1S/C34H37FN6O2/c1-23-10-13-26(14-11-23)20-40-30-31(37(4)34(43)41(32(30)42)22-27-7-5-6-8-29(27)35)36-33(40)39-17-15-38(16-18-39)21-28-19-24(2)9-12-25(28)3/h5-14,19H,15-18,20-22H2,1-4H3. The third-order valence-electron chi connectivity index (χ3n) is 8.51. The molecule has 0 N–H and O–H groups in total. The van der Waals surface area contributed by atoms with Gasteiger partial charge in [-0.25, -0.2) is 9.18 Å². The molecule has 0 radical (unpaired) electrons. The van der Waals surface area contributed by atoms with Crippen molar-refractivity contribution in [1.29, 1.82) is 0 Å². The zero-order valence-electron chi connectivity index (χ0n) is 25.2. The van der Waals surface area contributed by atoms with Crippen LogP contribution in [0.2, 0.25) is 0 Å². The van der Waals surface area contributed by atoms with Gasteiger partial charge < -0.3 is 4.90 Å². The van der Waals surface area contributed by atoms with Gasteiger partial charge in [0, 0.05) is 45.3 Å². The Morgan fingerprint density at radius 1 is 0.767 bits per heavy atom. The Labute approximate surface area is 250 Å². The predicted molar refractivity (Wildman–Crippen MR) is 168 cm³/mol. The van der Waals surface area contributed by atoms with Gasteiger partial charge >= 0.3 is 5.69 Å². The van der Waals surface area contributed by atoms with E-state index in [4.69, 9.17) is 4.98 Å². The molecule has 0 aliphatic carbocycles. The normalized spacial score (nSPS) is 14.1. The largest absolute Gasteiger partial charge is 0.340 e. The fourth-order valence-electron chi connectivity index (χ4n) is 5.88. The second-order valence-electron chi connectivity index (χ2n) is 11.7. The number of piperazine rings is 1. The molecule has 1 aliphatic heterocycles. The fraction of sp³-hybridized carbons (Fsp3) is 0.324. The topological polar surface area (TPSA) is 68.3 Å². The van der Waals surface area contributed by atoms with Gasteiger partial charge in [-0.1, -0.05) is 71.8 Å². The van der Waals surface area contributed by atoms with Crippen molar-refractivity contribution in [2.45, 2.75) is 40.4 Å². The maximum atomic E-state index is 14.6. The summed E-state index contributed by atoms with van der Waals surface area (Å²) in [6.45, 7) is 10.6. The van der Waals surface area contributed by atoms with Crippen LogP contribution < -0.4 is 16.1 Å². The van der Waals surface area contributed by atoms with E-state index in [1.165, 1.54) is 27.3 Å². The third-order valence-corrected chi connectivity index (χ3v) is 8.51. The van der Waals surface area contributed by atoms with E-state index in [0.29, 0.717) is 23.7 Å². The van der Waals surface area contributed by atoms with Crippen LogP contribution in [0.25, 0.3) is 11.2 Å². The molecule has 1 fully saturated rings. The Bertz CT molecular complexity index is 1910. The van der Waals surface area contributed by atoms with Crippen molar-refractivity contribution in [3.8, 4) is 0 Å². The van der Waals surface area contributed by atoms with Crippen molar-refractivity contribution in [2.24, 2.45) is 7.05 Å². The average Bonchev–Trinajstić information content (AvgIpc) is 3.38. The minimum atomic E-state index is -0.523. The molecule has 3 aromatic carbocycles. The molecule has 0 amide bonds. The lowest BCUT2D eigenvalue weighted by Crippen LogP contribution is -2.47. The van der Waals surface area contributed by atoms with E-state index in [9.17, 15) is 14.0 Å². The summed E-state index contributed by atoms with van der Waals surface area (Å²) in [5.74, 6) is 0.210. The van der Waals surface area contributed by atoms with Crippen LogP contribution in [0, 0.1) is 26.6 Å². The molecular weight excluding hydrogens is 543 g/mol. The minimum absolute atomic E-state index is 0.157. The van der Waals surface area contributed by atoms with Gasteiger partial charge in [0.15, 0.2) is 11.2 Å². The van der Waals surface area contributed by atoms with E-state index in [1.54, 1.807) is 25.2 Å². The van der Waals surface area contributed by atoms with Gasteiger partial charge in [-0.05, 0) is 43.5 Å². The predicted octanol–water partition coefficient (Wildman–Crippen LogP) is 4.38. The first-order valence-electron chi connectivity index (χ1n) is 14.7. The zero-order valence-corrected chi connectivity index (χ0v) is 25.2. The third kappa shape index (κ3) is 5.64. The maximum absolute atomic E-state index is 14.6. The highest BCUT2D eigenvalue weighted by Gasteiger charge is 2.27. The number of hydrogen-bond acceptors (Lipinski definition) is 5.